The van der Waals surface area contributed by atoms with Crippen LogP contribution in [0.15, 0.2) is 76.7 Å². The van der Waals surface area contributed by atoms with Crippen LogP contribution < -0.4 is 34.4 Å². The van der Waals surface area contributed by atoms with Crippen LogP contribution in [-0.4, -0.2) is 13.4 Å². The molecule has 0 N–H and O–H groups in total. The van der Waals surface area contributed by atoms with E-state index in [2.05, 4.69) is 6.92 Å². The Hall–Kier alpha value is -4.46. The fourth-order valence-corrected chi connectivity index (χ4v) is 5.64. The molecule has 2 heterocycles. The molecule has 0 spiro atoms. The molecule has 222 valence electrons. The predicted octanol–water partition coefficient (Wildman–Crippen LogP) is 9.47. The van der Waals surface area contributed by atoms with Crippen molar-refractivity contribution < 1.29 is 23.7 Å². The van der Waals surface area contributed by atoms with E-state index in [0.717, 1.165) is 46.2 Å². The van der Waals surface area contributed by atoms with Gasteiger partial charge in [0.2, 0.25) is 6.79 Å². The number of unbranched alkanes of at least 4 members (excludes halogenated alkanes) is 1. The molecule has 0 aromatic heterocycles. The summed E-state index contributed by atoms with van der Waals surface area (Å²) in [6.45, 7) is 6.80. The zero-order valence-electron chi connectivity index (χ0n) is 24.4. The lowest BCUT2D eigenvalue weighted by molar-refractivity contribution is 0.119. The Morgan fingerprint density at radius 3 is 2.20 bits per heavy atom. The molecule has 5 aromatic carbocycles. The first-order valence-electron chi connectivity index (χ1n) is 14.4. The molecule has 0 aliphatic carbocycles. The van der Waals surface area contributed by atoms with Crippen molar-refractivity contribution in [1.82, 2.24) is 0 Å². The van der Waals surface area contributed by atoms with Gasteiger partial charge in [-0.25, -0.2) is 9.98 Å². The van der Waals surface area contributed by atoms with Crippen molar-refractivity contribution in [3.05, 3.63) is 98.6 Å². The number of aryl methyl sites for hydroxylation is 2. The highest BCUT2D eigenvalue weighted by Gasteiger charge is 2.28. The third kappa shape index (κ3) is 5.16. The monoisotopic (exact) mass is 626 g/mol. The number of rotatable bonds is 8. The van der Waals surface area contributed by atoms with Crippen LogP contribution in [0.1, 0.15) is 30.9 Å². The summed E-state index contributed by atoms with van der Waals surface area (Å²) < 4.78 is 30.3. The number of hydrogen-bond acceptors (Lipinski definition) is 7. The van der Waals surface area contributed by atoms with Crippen molar-refractivity contribution in [2.24, 2.45) is 9.98 Å². The minimum Gasteiger partial charge on any atom is -0.494 e. The SMILES string of the molecule is CCCCOc1ccc2c3c(ccc2c1)N=c1c(Cl)c2c(c(Cl)c1O3)=Nc1cc(C)c(OCOc3ccc(C)cc3)cc1O2. The van der Waals surface area contributed by atoms with Gasteiger partial charge in [-0.15, -0.1) is 0 Å². The van der Waals surface area contributed by atoms with Crippen molar-refractivity contribution in [2.45, 2.75) is 33.6 Å². The van der Waals surface area contributed by atoms with Crippen LogP contribution in [0.4, 0.5) is 11.4 Å². The van der Waals surface area contributed by atoms with Crippen molar-refractivity contribution in [3.8, 4) is 40.2 Å². The molecule has 0 saturated carbocycles. The molecule has 0 amide bonds. The summed E-state index contributed by atoms with van der Waals surface area (Å²) in [6.07, 6.45) is 2.08. The van der Waals surface area contributed by atoms with Crippen LogP contribution in [0.5, 0.6) is 40.2 Å². The third-order valence-corrected chi connectivity index (χ3v) is 8.23. The summed E-state index contributed by atoms with van der Waals surface area (Å²) in [5.41, 5.74) is 3.24. The zero-order valence-corrected chi connectivity index (χ0v) is 25.9. The minimum absolute atomic E-state index is 0.0357. The van der Waals surface area contributed by atoms with Gasteiger partial charge < -0.3 is 23.7 Å². The van der Waals surface area contributed by atoms with E-state index < -0.39 is 0 Å². The lowest BCUT2D eigenvalue weighted by Crippen LogP contribution is -2.22. The van der Waals surface area contributed by atoms with Crippen LogP contribution >= 0.6 is 23.2 Å². The number of benzene rings is 5. The number of hydrogen-bond donors (Lipinski definition) is 0. The van der Waals surface area contributed by atoms with E-state index in [1.165, 1.54) is 0 Å². The van der Waals surface area contributed by atoms with Gasteiger partial charge in [0.05, 0.1) is 6.61 Å². The Balaban J connectivity index is 1.21. The first kappa shape index (κ1) is 28.3. The van der Waals surface area contributed by atoms with Gasteiger partial charge in [-0.1, -0.05) is 60.3 Å². The molecule has 7 rings (SSSR count). The van der Waals surface area contributed by atoms with Crippen LogP contribution in [-0.2, 0) is 0 Å². The maximum Gasteiger partial charge on any atom is 0.230 e. The summed E-state index contributed by atoms with van der Waals surface area (Å²) in [5.74, 6) is 3.84. The summed E-state index contributed by atoms with van der Waals surface area (Å²) in [5, 5.41) is 3.14. The Kier molecular flexibility index (Phi) is 7.44. The van der Waals surface area contributed by atoms with E-state index in [9.17, 15) is 0 Å². The molecule has 0 saturated heterocycles. The highest BCUT2D eigenvalue weighted by atomic mass is 35.5. The van der Waals surface area contributed by atoms with E-state index in [1.54, 1.807) is 6.07 Å². The molecule has 44 heavy (non-hydrogen) atoms. The molecule has 7 nitrogen and oxygen atoms in total. The van der Waals surface area contributed by atoms with Crippen LogP contribution in [0.2, 0.25) is 10.0 Å². The van der Waals surface area contributed by atoms with Crippen LogP contribution in [0, 0.1) is 13.8 Å². The Morgan fingerprint density at radius 1 is 0.705 bits per heavy atom. The van der Waals surface area contributed by atoms with Crippen molar-refractivity contribution in [3.63, 3.8) is 0 Å². The average molecular weight is 628 g/mol. The average Bonchev–Trinajstić information content (AvgIpc) is 3.03. The molecule has 0 unspecified atom stereocenters. The molecule has 0 atom stereocenters. The highest BCUT2D eigenvalue weighted by molar-refractivity contribution is 6.35. The Bertz CT molecular complexity index is 2060. The molecule has 0 bridgehead atoms. The van der Waals surface area contributed by atoms with Gasteiger partial charge in [-0.2, -0.15) is 0 Å². The molecule has 5 aromatic rings. The number of halogens is 2. The van der Waals surface area contributed by atoms with Crippen LogP contribution in [0.3, 0.4) is 0 Å². The van der Waals surface area contributed by atoms with E-state index in [0.29, 0.717) is 57.4 Å². The summed E-state index contributed by atoms with van der Waals surface area (Å²) in [7, 11) is 0. The van der Waals surface area contributed by atoms with E-state index >= 15 is 0 Å². The number of ether oxygens (including phenoxy) is 5. The second kappa shape index (κ2) is 11.6. The normalized spacial score (nSPS) is 12.4. The number of nitrogens with zero attached hydrogens (tertiary/aromatic N) is 2. The molecule has 0 fully saturated rings. The highest BCUT2D eigenvalue weighted by Crippen LogP contribution is 2.46. The predicted molar refractivity (Wildman–Crippen MR) is 171 cm³/mol. The Morgan fingerprint density at radius 2 is 1.43 bits per heavy atom. The number of fused-ring (bicyclic) bond motifs is 6. The quantitative estimate of drug-likeness (QED) is 0.124. The van der Waals surface area contributed by atoms with Gasteiger partial charge in [0.25, 0.3) is 0 Å². The fourth-order valence-electron chi connectivity index (χ4n) is 5.12. The zero-order chi connectivity index (χ0) is 30.4. The molecule has 0 radical (unpaired) electrons. The Labute approximate surface area is 264 Å². The fraction of sp³-hybridized carbons (Fsp3) is 0.200. The van der Waals surface area contributed by atoms with Crippen LogP contribution in [0.25, 0.3) is 10.8 Å². The third-order valence-electron chi connectivity index (χ3n) is 7.53. The van der Waals surface area contributed by atoms with Crippen molar-refractivity contribution in [2.75, 3.05) is 13.4 Å². The lowest BCUT2D eigenvalue weighted by Gasteiger charge is -2.22. The largest absolute Gasteiger partial charge is 0.494 e. The van der Waals surface area contributed by atoms with Gasteiger partial charge in [-0.3, -0.25) is 0 Å². The molecular weight excluding hydrogens is 599 g/mol. The van der Waals surface area contributed by atoms with E-state index in [1.807, 2.05) is 74.5 Å². The topological polar surface area (TPSA) is 70.9 Å². The van der Waals surface area contributed by atoms with Crippen molar-refractivity contribution in [1.29, 1.82) is 0 Å². The van der Waals surface area contributed by atoms with Gasteiger partial charge in [0, 0.05) is 11.5 Å². The first-order chi connectivity index (χ1) is 21.4. The van der Waals surface area contributed by atoms with E-state index in [-0.39, 0.29) is 16.8 Å². The van der Waals surface area contributed by atoms with Gasteiger partial charge in [0.1, 0.15) is 49.4 Å². The molecule has 2 aliphatic rings. The van der Waals surface area contributed by atoms with Crippen molar-refractivity contribution >= 4 is 45.3 Å². The standard InChI is InChI=1S/C35H28Cl2N2O5/c1-4-5-14-40-23-11-12-24-21(16-23)8-13-25-33(24)44-35-30(37)31-34(29(36)32(35)38-25)43-28-17-27(20(3)15-26(28)39-31)42-18-41-22-9-6-19(2)7-10-22/h6-13,15-17H,4-5,14,18H2,1-3H3. The van der Waals surface area contributed by atoms with Gasteiger partial charge in [0.15, 0.2) is 23.0 Å². The smallest absolute Gasteiger partial charge is 0.230 e. The summed E-state index contributed by atoms with van der Waals surface area (Å²) in [6, 6.07) is 21.2. The maximum atomic E-state index is 6.93. The summed E-state index contributed by atoms with van der Waals surface area (Å²) in [4.78, 5) is 9.65. The van der Waals surface area contributed by atoms with Gasteiger partial charge >= 0.3 is 0 Å². The minimum atomic E-state index is 0.0357. The van der Waals surface area contributed by atoms with Gasteiger partial charge in [-0.05, 0) is 73.7 Å². The second-order valence-electron chi connectivity index (χ2n) is 10.7. The van der Waals surface area contributed by atoms with E-state index in [4.69, 9.17) is 56.9 Å². The summed E-state index contributed by atoms with van der Waals surface area (Å²) >= 11 is 13.8. The second-order valence-corrected chi connectivity index (χ2v) is 11.5. The molecule has 2 aliphatic heterocycles. The first-order valence-corrected chi connectivity index (χ1v) is 15.2. The molecule has 9 heteroatoms. The molecular formula is C35H28Cl2N2O5. The lowest BCUT2D eigenvalue weighted by atomic mass is 10.1. The maximum absolute atomic E-state index is 6.93.